The highest BCUT2D eigenvalue weighted by Crippen LogP contribution is 2.41. The van der Waals surface area contributed by atoms with Gasteiger partial charge >= 0.3 is 11.9 Å². The molecule has 122 valence electrons. The molecule has 0 aromatic carbocycles. The van der Waals surface area contributed by atoms with E-state index in [1.807, 2.05) is 13.0 Å². The third kappa shape index (κ3) is 3.57. The standard InChI is InChI=1S/C17H24O5/c1-9-7-14-16(11(3)17(20)22-14)15(21-12(4)19)8-13(9)6-5-10(2)18/h8-9,11,14-16H,5-7H2,1-4H3. The van der Waals surface area contributed by atoms with Gasteiger partial charge in [0.1, 0.15) is 18.0 Å². The smallest absolute Gasteiger partial charge is 0.309 e. The van der Waals surface area contributed by atoms with E-state index in [0.29, 0.717) is 19.3 Å². The maximum atomic E-state index is 11.9. The lowest BCUT2D eigenvalue weighted by atomic mass is 9.85. The van der Waals surface area contributed by atoms with Crippen molar-refractivity contribution >= 4 is 17.7 Å². The van der Waals surface area contributed by atoms with E-state index in [1.54, 1.807) is 6.92 Å². The molecule has 1 aliphatic heterocycles. The van der Waals surface area contributed by atoms with Crippen molar-refractivity contribution in [2.45, 2.75) is 59.2 Å². The minimum Gasteiger partial charge on any atom is -0.462 e. The highest BCUT2D eigenvalue weighted by Gasteiger charge is 2.48. The molecule has 0 aromatic rings. The van der Waals surface area contributed by atoms with E-state index in [4.69, 9.17) is 9.47 Å². The molecule has 2 rings (SSSR count). The first-order chi connectivity index (χ1) is 10.3. The van der Waals surface area contributed by atoms with Crippen molar-refractivity contribution in [3.63, 3.8) is 0 Å². The van der Waals surface area contributed by atoms with E-state index in [-0.39, 0.29) is 41.6 Å². The molecular formula is C17H24O5. The van der Waals surface area contributed by atoms with Crippen LogP contribution in [-0.2, 0) is 23.9 Å². The summed E-state index contributed by atoms with van der Waals surface area (Å²) in [6.07, 6.45) is 3.10. The number of ether oxygens (including phenoxy) is 2. The van der Waals surface area contributed by atoms with Crippen LogP contribution < -0.4 is 0 Å². The number of carbonyl (C=O) groups excluding carboxylic acids is 3. The third-order valence-electron chi connectivity index (χ3n) is 4.69. The number of rotatable bonds is 4. The Morgan fingerprint density at radius 3 is 2.59 bits per heavy atom. The van der Waals surface area contributed by atoms with Gasteiger partial charge in [-0.05, 0) is 31.8 Å². The van der Waals surface area contributed by atoms with Crippen LogP contribution in [0, 0.1) is 17.8 Å². The zero-order valence-corrected chi connectivity index (χ0v) is 13.6. The van der Waals surface area contributed by atoms with Crippen LogP contribution in [0.4, 0.5) is 0 Å². The molecule has 0 aromatic heterocycles. The lowest BCUT2D eigenvalue weighted by Gasteiger charge is -2.24. The Hall–Kier alpha value is -1.65. The first-order valence-corrected chi connectivity index (χ1v) is 7.87. The van der Waals surface area contributed by atoms with Gasteiger partial charge in [0, 0.05) is 19.3 Å². The van der Waals surface area contributed by atoms with E-state index in [9.17, 15) is 14.4 Å². The van der Waals surface area contributed by atoms with Gasteiger partial charge in [-0.3, -0.25) is 9.59 Å². The minimum atomic E-state index is -0.462. The van der Waals surface area contributed by atoms with Crippen molar-refractivity contribution in [3.05, 3.63) is 11.6 Å². The predicted octanol–water partition coefficient (Wildman–Crippen LogP) is 2.43. The summed E-state index contributed by atoms with van der Waals surface area (Å²) in [5.41, 5.74) is 1.11. The number of carbonyl (C=O) groups is 3. The van der Waals surface area contributed by atoms with E-state index in [1.165, 1.54) is 6.92 Å². The Morgan fingerprint density at radius 2 is 2.00 bits per heavy atom. The second-order valence-electron chi connectivity index (χ2n) is 6.50. The minimum absolute atomic E-state index is 0.140. The SMILES string of the molecule is CC(=O)CCC1=CC(OC(C)=O)C2C(CC1C)OC(=O)C2C. The number of esters is 2. The van der Waals surface area contributed by atoms with Crippen molar-refractivity contribution < 1.29 is 23.9 Å². The first kappa shape index (κ1) is 16.7. The number of Topliss-reactive ketones (excluding diaryl/α,β-unsaturated/α-hetero) is 1. The predicted molar refractivity (Wildman–Crippen MR) is 79.9 cm³/mol. The summed E-state index contributed by atoms with van der Waals surface area (Å²) in [6.45, 7) is 6.83. The molecule has 5 unspecified atom stereocenters. The number of fused-ring (bicyclic) bond motifs is 1. The van der Waals surface area contributed by atoms with Crippen molar-refractivity contribution in [1.29, 1.82) is 0 Å². The monoisotopic (exact) mass is 308 g/mol. The maximum Gasteiger partial charge on any atom is 0.309 e. The number of hydrogen-bond acceptors (Lipinski definition) is 5. The number of allylic oxidation sites excluding steroid dienone is 1. The van der Waals surface area contributed by atoms with Crippen LogP contribution in [0.5, 0.6) is 0 Å². The van der Waals surface area contributed by atoms with Gasteiger partial charge in [-0.1, -0.05) is 19.4 Å². The molecule has 0 N–H and O–H groups in total. The fourth-order valence-electron chi connectivity index (χ4n) is 3.46. The zero-order valence-electron chi connectivity index (χ0n) is 13.6. The topological polar surface area (TPSA) is 69.7 Å². The van der Waals surface area contributed by atoms with Crippen LogP contribution in [-0.4, -0.2) is 29.9 Å². The molecule has 0 spiro atoms. The van der Waals surface area contributed by atoms with E-state index < -0.39 is 6.10 Å². The molecule has 5 heteroatoms. The fraction of sp³-hybridized carbons (Fsp3) is 0.706. The Morgan fingerprint density at radius 1 is 1.32 bits per heavy atom. The summed E-state index contributed by atoms with van der Waals surface area (Å²) in [7, 11) is 0. The van der Waals surface area contributed by atoms with Gasteiger partial charge in [0.25, 0.3) is 0 Å². The van der Waals surface area contributed by atoms with Gasteiger partial charge < -0.3 is 14.3 Å². The Bertz CT molecular complexity index is 507. The van der Waals surface area contributed by atoms with E-state index in [2.05, 4.69) is 6.92 Å². The molecular weight excluding hydrogens is 284 g/mol. The van der Waals surface area contributed by atoms with Crippen molar-refractivity contribution in [2.24, 2.45) is 17.8 Å². The lowest BCUT2D eigenvalue weighted by molar-refractivity contribution is -0.147. The highest BCUT2D eigenvalue weighted by atomic mass is 16.6. The number of ketones is 1. The molecule has 0 radical (unpaired) electrons. The molecule has 1 heterocycles. The summed E-state index contributed by atoms with van der Waals surface area (Å²) in [5, 5.41) is 0. The molecule has 0 bridgehead atoms. The Kier molecular flexibility index (Phi) is 5.04. The first-order valence-electron chi connectivity index (χ1n) is 7.87. The Labute approximate surface area is 131 Å². The molecule has 22 heavy (non-hydrogen) atoms. The van der Waals surface area contributed by atoms with E-state index in [0.717, 1.165) is 5.57 Å². The summed E-state index contributed by atoms with van der Waals surface area (Å²) in [5.74, 6) is -0.683. The van der Waals surface area contributed by atoms with Gasteiger partial charge in [-0.15, -0.1) is 0 Å². The molecule has 1 saturated heterocycles. The quantitative estimate of drug-likeness (QED) is 0.589. The third-order valence-corrected chi connectivity index (χ3v) is 4.69. The second-order valence-corrected chi connectivity index (χ2v) is 6.50. The van der Waals surface area contributed by atoms with Gasteiger partial charge in [-0.25, -0.2) is 0 Å². The second kappa shape index (κ2) is 6.63. The van der Waals surface area contributed by atoms with Crippen LogP contribution in [0.2, 0.25) is 0 Å². The average molecular weight is 308 g/mol. The van der Waals surface area contributed by atoms with Gasteiger partial charge in [0.15, 0.2) is 0 Å². The molecule has 0 saturated carbocycles. The largest absolute Gasteiger partial charge is 0.462 e. The van der Waals surface area contributed by atoms with Crippen LogP contribution >= 0.6 is 0 Å². The van der Waals surface area contributed by atoms with Gasteiger partial charge in [0.2, 0.25) is 0 Å². The number of hydrogen-bond donors (Lipinski definition) is 0. The van der Waals surface area contributed by atoms with Gasteiger partial charge in [0.05, 0.1) is 5.92 Å². The molecule has 0 amide bonds. The maximum absolute atomic E-state index is 11.9. The zero-order chi connectivity index (χ0) is 16.4. The summed E-state index contributed by atoms with van der Waals surface area (Å²) >= 11 is 0. The van der Waals surface area contributed by atoms with Gasteiger partial charge in [-0.2, -0.15) is 0 Å². The average Bonchev–Trinajstić information content (AvgIpc) is 2.60. The summed E-state index contributed by atoms with van der Waals surface area (Å²) < 4.78 is 10.9. The van der Waals surface area contributed by atoms with Crippen molar-refractivity contribution in [3.8, 4) is 0 Å². The van der Waals surface area contributed by atoms with Crippen molar-refractivity contribution in [1.82, 2.24) is 0 Å². The fourth-order valence-corrected chi connectivity index (χ4v) is 3.46. The summed E-state index contributed by atoms with van der Waals surface area (Å²) in [4.78, 5) is 34.5. The molecule has 2 aliphatic rings. The van der Waals surface area contributed by atoms with Crippen LogP contribution in [0.25, 0.3) is 0 Å². The Balaban J connectivity index is 2.28. The van der Waals surface area contributed by atoms with Crippen LogP contribution in [0.15, 0.2) is 11.6 Å². The van der Waals surface area contributed by atoms with Crippen LogP contribution in [0.3, 0.4) is 0 Å². The molecule has 5 nitrogen and oxygen atoms in total. The lowest BCUT2D eigenvalue weighted by Crippen LogP contribution is -2.33. The van der Waals surface area contributed by atoms with Crippen molar-refractivity contribution in [2.75, 3.05) is 0 Å². The summed E-state index contributed by atoms with van der Waals surface area (Å²) in [6, 6.07) is 0. The molecule has 1 aliphatic carbocycles. The highest BCUT2D eigenvalue weighted by molar-refractivity contribution is 5.76. The molecule has 5 atom stereocenters. The van der Waals surface area contributed by atoms with Crippen LogP contribution in [0.1, 0.15) is 47.0 Å². The molecule has 1 fully saturated rings. The normalized spacial score (nSPS) is 34.3. The van der Waals surface area contributed by atoms with E-state index >= 15 is 0 Å².